The van der Waals surface area contributed by atoms with Crippen LogP contribution < -0.4 is 15.4 Å². The second kappa shape index (κ2) is 12.1. The summed E-state index contributed by atoms with van der Waals surface area (Å²) in [4.78, 5) is 15.8. The van der Waals surface area contributed by atoms with Gasteiger partial charge in [0, 0.05) is 12.6 Å². The van der Waals surface area contributed by atoms with Gasteiger partial charge in [-0.15, -0.1) is 0 Å². The van der Waals surface area contributed by atoms with Crippen LogP contribution in [0.15, 0.2) is 6.20 Å². The van der Waals surface area contributed by atoms with Crippen LogP contribution in [0.4, 0.5) is 9.80 Å². The van der Waals surface area contributed by atoms with E-state index in [4.69, 9.17) is 9.47 Å². The largest absolute Gasteiger partial charge is 0.467 e. The van der Waals surface area contributed by atoms with E-state index in [1.165, 1.54) is 17.5 Å². The Labute approximate surface area is 154 Å². The third-order valence-corrected chi connectivity index (χ3v) is 4.47. The number of hydrogen-bond acceptors (Lipinski definition) is 7. The fourth-order valence-electron chi connectivity index (χ4n) is 1.92. The third-order valence-electron chi connectivity index (χ3n) is 3.64. The lowest BCUT2D eigenvalue weighted by molar-refractivity contribution is 0.104. The first kappa shape index (κ1) is 21.7. The maximum Gasteiger partial charge on any atom is 0.412 e. The Bertz CT molecular complexity index is 496. The highest BCUT2D eigenvalue weighted by Gasteiger charge is 2.11. The standard InChI is InChI=1S/C17H31N3O4S/c1-5-13(4)7-6-8-23-16(22)20-15-10-19-17(25-15)24-11-14(21)9-18-12(2)3/h10,12-14,18,21H,5-9,11H2,1-4H3,(H,20,22). The molecule has 0 radical (unpaired) electrons. The first-order valence-corrected chi connectivity index (χ1v) is 9.66. The van der Waals surface area contributed by atoms with Crippen molar-refractivity contribution in [1.82, 2.24) is 10.3 Å². The SMILES string of the molecule is CCC(C)CCCOC(=O)Nc1cnc(OCC(O)CNC(C)C)s1. The van der Waals surface area contributed by atoms with Gasteiger partial charge in [-0.25, -0.2) is 9.78 Å². The molecule has 0 bridgehead atoms. The lowest BCUT2D eigenvalue weighted by Crippen LogP contribution is -2.35. The van der Waals surface area contributed by atoms with Crippen LogP contribution >= 0.6 is 11.3 Å². The molecule has 25 heavy (non-hydrogen) atoms. The van der Waals surface area contributed by atoms with Crippen LogP contribution in [0, 0.1) is 5.92 Å². The number of aromatic nitrogens is 1. The minimum absolute atomic E-state index is 0.146. The highest BCUT2D eigenvalue weighted by atomic mass is 32.1. The monoisotopic (exact) mass is 373 g/mol. The number of ether oxygens (including phenoxy) is 2. The van der Waals surface area contributed by atoms with Crippen molar-refractivity contribution in [3.05, 3.63) is 6.20 Å². The minimum Gasteiger partial charge on any atom is -0.467 e. The number of carbonyl (C=O) groups is 1. The molecule has 3 N–H and O–H groups in total. The topological polar surface area (TPSA) is 92.7 Å². The molecule has 7 nitrogen and oxygen atoms in total. The number of hydrogen-bond donors (Lipinski definition) is 3. The summed E-state index contributed by atoms with van der Waals surface area (Å²) in [5.41, 5.74) is 0. The number of aliphatic hydroxyl groups excluding tert-OH is 1. The second-order valence-corrected chi connectivity index (χ2v) is 7.43. The molecule has 0 aromatic carbocycles. The zero-order valence-electron chi connectivity index (χ0n) is 15.6. The molecule has 0 saturated heterocycles. The molecular formula is C17H31N3O4S. The summed E-state index contributed by atoms with van der Waals surface area (Å²) in [6.45, 7) is 9.37. The van der Waals surface area contributed by atoms with Crippen LogP contribution in [-0.4, -0.2) is 48.1 Å². The van der Waals surface area contributed by atoms with E-state index >= 15 is 0 Å². The normalized spacial score (nSPS) is 13.5. The van der Waals surface area contributed by atoms with Crippen molar-refractivity contribution in [3.8, 4) is 5.19 Å². The van der Waals surface area contributed by atoms with E-state index in [0.29, 0.717) is 35.3 Å². The smallest absolute Gasteiger partial charge is 0.412 e. The fourth-order valence-corrected chi connectivity index (χ4v) is 2.58. The molecule has 0 spiro atoms. The number of rotatable bonds is 12. The van der Waals surface area contributed by atoms with E-state index in [2.05, 4.69) is 29.5 Å². The highest BCUT2D eigenvalue weighted by Crippen LogP contribution is 2.25. The van der Waals surface area contributed by atoms with Crippen LogP contribution in [0.25, 0.3) is 0 Å². The van der Waals surface area contributed by atoms with Gasteiger partial charge in [0.25, 0.3) is 5.19 Å². The van der Waals surface area contributed by atoms with Gasteiger partial charge in [0.05, 0.1) is 12.8 Å². The van der Waals surface area contributed by atoms with E-state index in [1.54, 1.807) is 0 Å². The van der Waals surface area contributed by atoms with Gasteiger partial charge in [-0.1, -0.05) is 45.5 Å². The van der Waals surface area contributed by atoms with Crippen molar-refractivity contribution in [3.63, 3.8) is 0 Å². The lowest BCUT2D eigenvalue weighted by atomic mass is 10.0. The van der Waals surface area contributed by atoms with E-state index in [9.17, 15) is 9.90 Å². The van der Waals surface area contributed by atoms with E-state index in [0.717, 1.165) is 19.3 Å². The summed E-state index contributed by atoms with van der Waals surface area (Å²) in [5, 5.41) is 16.5. The average Bonchev–Trinajstić information content (AvgIpc) is 3.02. The maximum absolute atomic E-state index is 11.7. The number of amides is 1. The molecule has 0 fully saturated rings. The zero-order valence-corrected chi connectivity index (χ0v) is 16.4. The van der Waals surface area contributed by atoms with Gasteiger partial charge in [-0.05, 0) is 18.8 Å². The first-order valence-electron chi connectivity index (χ1n) is 8.84. The molecule has 0 aliphatic carbocycles. The predicted octanol–water partition coefficient (Wildman–Crippen LogP) is 3.26. The molecule has 144 valence electrons. The summed E-state index contributed by atoms with van der Waals surface area (Å²) in [5.74, 6) is 0.652. The molecule has 1 aromatic heterocycles. The molecule has 1 heterocycles. The Balaban J connectivity index is 2.22. The average molecular weight is 374 g/mol. The molecule has 0 saturated carbocycles. The van der Waals surface area contributed by atoms with Crippen molar-refractivity contribution in [2.75, 3.05) is 25.1 Å². The van der Waals surface area contributed by atoms with Gasteiger partial charge in [0.2, 0.25) is 0 Å². The van der Waals surface area contributed by atoms with Crippen molar-refractivity contribution < 1.29 is 19.4 Å². The summed E-state index contributed by atoms with van der Waals surface area (Å²) < 4.78 is 10.6. The van der Waals surface area contributed by atoms with Crippen LogP contribution in [0.1, 0.15) is 47.0 Å². The molecule has 0 aliphatic heterocycles. The van der Waals surface area contributed by atoms with Crippen LogP contribution in [0.3, 0.4) is 0 Å². The second-order valence-electron chi connectivity index (χ2n) is 6.43. The summed E-state index contributed by atoms with van der Waals surface area (Å²) in [6.07, 6.45) is 3.47. The van der Waals surface area contributed by atoms with Crippen LogP contribution in [0.2, 0.25) is 0 Å². The minimum atomic E-state index is -0.613. The van der Waals surface area contributed by atoms with Crippen molar-refractivity contribution in [2.24, 2.45) is 5.92 Å². The Morgan fingerprint density at radius 1 is 1.40 bits per heavy atom. The van der Waals surface area contributed by atoms with Crippen LogP contribution in [0.5, 0.6) is 5.19 Å². The van der Waals surface area contributed by atoms with E-state index in [-0.39, 0.29) is 6.61 Å². The van der Waals surface area contributed by atoms with Gasteiger partial charge in [-0.2, -0.15) is 0 Å². The summed E-state index contributed by atoms with van der Waals surface area (Å²) in [6, 6.07) is 0.307. The molecule has 2 unspecified atom stereocenters. The maximum atomic E-state index is 11.7. The number of thiazole rings is 1. The zero-order chi connectivity index (χ0) is 18.7. The van der Waals surface area contributed by atoms with Gasteiger partial charge in [-0.3, -0.25) is 5.32 Å². The number of nitrogens with one attached hydrogen (secondary N) is 2. The molecule has 0 aliphatic rings. The van der Waals surface area contributed by atoms with E-state index in [1.807, 2.05) is 13.8 Å². The fraction of sp³-hybridized carbons (Fsp3) is 0.765. The number of anilines is 1. The first-order chi connectivity index (χ1) is 11.9. The third kappa shape index (κ3) is 10.3. The Morgan fingerprint density at radius 3 is 2.84 bits per heavy atom. The van der Waals surface area contributed by atoms with E-state index < -0.39 is 12.2 Å². The summed E-state index contributed by atoms with van der Waals surface area (Å²) >= 11 is 1.20. The van der Waals surface area contributed by atoms with Crippen LogP contribution in [-0.2, 0) is 4.74 Å². The van der Waals surface area contributed by atoms with Gasteiger partial charge in [0.1, 0.15) is 17.7 Å². The lowest BCUT2D eigenvalue weighted by Gasteiger charge is -2.13. The molecule has 1 rings (SSSR count). The molecular weight excluding hydrogens is 342 g/mol. The molecule has 1 amide bonds. The number of carbonyl (C=O) groups excluding carboxylic acids is 1. The number of aliphatic hydroxyl groups is 1. The van der Waals surface area contributed by atoms with Crippen molar-refractivity contribution in [1.29, 1.82) is 0 Å². The summed E-state index contributed by atoms with van der Waals surface area (Å²) in [7, 11) is 0. The van der Waals surface area contributed by atoms with Crippen molar-refractivity contribution >= 4 is 22.4 Å². The number of nitrogens with zero attached hydrogens (tertiary/aromatic N) is 1. The Hall–Kier alpha value is -1.38. The molecule has 8 heteroatoms. The Kier molecular flexibility index (Phi) is 10.4. The molecule has 1 aromatic rings. The Morgan fingerprint density at radius 2 is 2.16 bits per heavy atom. The molecule has 2 atom stereocenters. The highest BCUT2D eigenvalue weighted by molar-refractivity contribution is 7.17. The quantitative estimate of drug-likeness (QED) is 0.487. The van der Waals surface area contributed by atoms with Gasteiger partial charge < -0.3 is 19.9 Å². The van der Waals surface area contributed by atoms with Gasteiger partial charge >= 0.3 is 6.09 Å². The van der Waals surface area contributed by atoms with Crippen molar-refractivity contribution in [2.45, 2.75) is 59.1 Å². The predicted molar refractivity (Wildman–Crippen MR) is 100 cm³/mol. The van der Waals surface area contributed by atoms with Gasteiger partial charge in [0.15, 0.2) is 0 Å².